The van der Waals surface area contributed by atoms with Gasteiger partial charge in [-0.2, -0.15) is 0 Å². The number of anilines is 1. The van der Waals surface area contributed by atoms with Gasteiger partial charge >= 0.3 is 0 Å². The van der Waals surface area contributed by atoms with Gasteiger partial charge in [0.05, 0.1) is 31.8 Å². The molecular formula is C18H24N4O. The Hall–Kier alpha value is -1.85. The van der Waals surface area contributed by atoms with Crippen LogP contribution in [0.1, 0.15) is 17.2 Å². The highest BCUT2D eigenvalue weighted by Crippen LogP contribution is 2.37. The van der Waals surface area contributed by atoms with Crippen LogP contribution in [0.2, 0.25) is 0 Å². The highest BCUT2D eigenvalue weighted by atomic mass is 16.5. The lowest BCUT2D eigenvalue weighted by Gasteiger charge is -2.29. The highest BCUT2D eigenvalue weighted by Gasteiger charge is 2.30. The standard InChI is InChI=1S/C18H24N4O/c1-20-14-19-10-16(20)13-22-12-15(11-21-6-8-23-9-7-21)17-4-2-3-5-18(17)22/h2-5,10,14-15H,6-9,11-13H2,1H3. The van der Waals surface area contributed by atoms with Crippen LogP contribution >= 0.6 is 0 Å². The molecule has 2 aliphatic heterocycles. The number of ether oxygens (including phenoxy) is 1. The first-order chi connectivity index (χ1) is 11.3. The van der Waals surface area contributed by atoms with Crippen molar-refractivity contribution in [2.75, 3.05) is 44.3 Å². The van der Waals surface area contributed by atoms with Crippen LogP contribution < -0.4 is 4.90 Å². The van der Waals surface area contributed by atoms with Crippen molar-refractivity contribution in [3.05, 3.63) is 48.0 Å². The van der Waals surface area contributed by atoms with Gasteiger partial charge in [0.2, 0.25) is 0 Å². The summed E-state index contributed by atoms with van der Waals surface area (Å²) < 4.78 is 7.59. The van der Waals surface area contributed by atoms with Crippen molar-refractivity contribution >= 4 is 5.69 Å². The smallest absolute Gasteiger partial charge is 0.0946 e. The van der Waals surface area contributed by atoms with Gasteiger partial charge in [-0.15, -0.1) is 0 Å². The Balaban J connectivity index is 1.52. The van der Waals surface area contributed by atoms with Crippen LogP contribution in [0.15, 0.2) is 36.8 Å². The van der Waals surface area contributed by atoms with Crippen molar-refractivity contribution in [2.45, 2.75) is 12.5 Å². The van der Waals surface area contributed by atoms with Crippen molar-refractivity contribution in [1.29, 1.82) is 0 Å². The molecule has 1 fully saturated rings. The zero-order valence-electron chi connectivity index (χ0n) is 13.7. The number of benzene rings is 1. The van der Waals surface area contributed by atoms with Gasteiger partial charge in [-0.3, -0.25) is 4.90 Å². The van der Waals surface area contributed by atoms with Crippen LogP contribution in [0.25, 0.3) is 0 Å². The van der Waals surface area contributed by atoms with E-state index in [1.54, 1.807) is 0 Å². The second-order valence-electron chi connectivity index (χ2n) is 6.55. The van der Waals surface area contributed by atoms with Crippen molar-refractivity contribution < 1.29 is 4.74 Å². The monoisotopic (exact) mass is 312 g/mol. The average molecular weight is 312 g/mol. The molecular weight excluding hydrogens is 288 g/mol. The predicted molar refractivity (Wildman–Crippen MR) is 90.7 cm³/mol. The SMILES string of the molecule is Cn1cncc1CN1CC(CN2CCOCC2)c2ccccc21. The summed E-state index contributed by atoms with van der Waals surface area (Å²) in [6, 6.07) is 8.86. The molecule has 5 nitrogen and oxygen atoms in total. The Kier molecular flexibility index (Phi) is 4.06. The van der Waals surface area contributed by atoms with Gasteiger partial charge in [-0.1, -0.05) is 18.2 Å². The molecule has 5 heteroatoms. The molecule has 0 saturated carbocycles. The van der Waals surface area contributed by atoms with E-state index < -0.39 is 0 Å². The van der Waals surface area contributed by atoms with E-state index in [4.69, 9.17) is 4.74 Å². The molecule has 122 valence electrons. The summed E-state index contributed by atoms with van der Waals surface area (Å²) in [4.78, 5) is 9.28. The van der Waals surface area contributed by atoms with Crippen LogP contribution in [0.4, 0.5) is 5.69 Å². The third kappa shape index (κ3) is 2.99. The van der Waals surface area contributed by atoms with Gasteiger partial charge < -0.3 is 14.2 Å². The number of hydrogen-bond acceptors (Lipinski definition) is 4. The fourth-order valence-electron chi connectivity index (χ4n) is 3.72. The minimum absolute atomic E-state index is 0.581. The number of para-hydroxylation sites is 1. The fourth-order valence-corrected chi connectivity index (χ4v) is 3.72. The molecule has 1 saturated heterocycles. The van der Waals surface area contributed by atoms with Gasteiger partial charge in [0.15, 0.2) is 0 Å². The lowest BCUT2D eigenvalue weighted by Crippen LogP contribution is -2.39. The molecule has 1 aromatic heterocycles. The topological polar surface area (TPSA) is 33.5 Å². The molecule has 0 aliphatic carbocycles. The average Bonchev–Trinajstić information content (AvgIpc) is 3.14. The second kappa shape index (κ2) is 6.34. The fraction of sp³-hybridized carbons (Fsp3) is 0.500. The van der Waals surface area contributed by atoms with E-state index in [1.165, 1.54) is 16.9 Å². The number of morpholine rings is 1. The first-order valence-corrected chi connectivity index (χ1v) is 8.40. The molecule has 0 radical (unpaired) electrons. The van der Waals surface area contributed by atoms with E-state index in [9.17, 15) is 0 Å². The molecule has 0 spiro atoms. The summed E-state index contributed by atoms with van der Waals surface area (Å²) in [5, 5.41) is 0. The number of imidazole rings is 1. The predicted octanol–water partition coefficient (Wildman–Crippen LogP) is 1.86. The van der Waals surface area contributed by atoms with Gasteiger partial charge in [0, 0.05) is 51.0 Å². The Labute approximate surface area is 137 Å². The maximum Gasteiger partial charge on any atom is 0.0946 e. The summed E-state index contributed by atoms with van der Waals surface area (Å²) in [6.45, 7) is 6.98. The zero-order chi connectivity index (χ0) is 15.6. The largest absolute Gasteiger partial charge is 0.379 e. The quantitative estimate of drug-likeness (QED) is 0.863. The number of rotatable bonds is 4. The normalized spacial score (nSPS) is 21.6. The number of nitrogens with zero attached hydrogens (tertiary/aromatic N) is 4. The molecule has 1 atom stereocenters. The van der Waals surface area contributed by atoms with Crippen LogP contribution in [0, 0.1) is 0 Å². The van der Waals surface area contributed by atoms with Crippen LogP contribution in [0.3, 0.4) is 0 Å². The van der Waals surface area contributed by atoms with E-state index in [1.807, 2.05) is 12.5 Å². The minimum Gasteiger partial charge on any atom is -0.379 e. The summed E-state index contributed by atoms with van der Waals surface area (Å²) >= 11 is 0. The zero-order valence-corrected chi connectivity index (χ0v) is 13.7. The molecule has 2 aliphatic rings. The van der Waals surface area contributed by atoms with E-state index in [0.717, 1.165) is 45.9 Å². The van der Waals surface area contributed by atoms with Crippen molar-refractivity contribution in [1.82, 2.24) is 14.5 Å². The summed E-state index contributed by atoms with van der Waals surface area (Å²) in [7, 11) is 2.07. The maximum atomic E-state index is 5.48. The van der Waals surface area contributed by atoms with E-state index >= 15 is 0 Å². The van der Waals surface area contributed by atoms with E-state index in [0.29, 0.717) is 5.92 Å². The number of aromatic nitrogens is 2. The minimum atomic E-state index is 0.581. The molecule has 4 rings (SSSR count). The third-order valence-electron chi connectivity index (χ3n) is 5.01. The molecule has 0 N–H and O–H groups in total. The Morgan fingerprint density at radius 2 is 2.04 bits per heavy atom. The van der Waals surface area contributed by atoms with E-state index in [2.05, 4.69) is 50.7 Å². The molecule has 0 bridgehead atoms. The van der Waals surface area contributed by atoms with Crippen molar-refractivity contribution in [3.63, 3.8) is 0 Å². The highest BCUT2D eigenvalue weighted by molar-refractivity contribution is 5.60. The van der Waals surface area contributed by atoms with E-state index in [-0.39, 0.29) is 0 Å². The first-order valence-electron chi connectivity index (χ1n) is 8.40. The van der Waals surface area contributed by atoms with Crippen LogP contribution in [-0.2, 0) is 18.3 Å². The Morgan fingerprint density at radius 3 is 2.83 bits per heavy atom. The third-order valence-corrected chi connectivity index (χ3v) is 5.01. The first kappa shape index (κ1) is 14.7. The summed E-state index contributed by atoms with van der Waals surface area (Å²) in [5.74, 6) is 0.581. The van der Waals surface area contributed by atoms with Gasteiger partial charge in [-0.05, 0) is 11.6 Å². The molecule has 23 heavy (non-hydrogen) atoms. The van der Waals surface area contributed by atoms with Crippen LogP contribution in [-0.4, -0.2) is 53.8 Å². The van der Waals surface area contributed by atoms with Crippen LogP contribution in [0.5, 0.6) is 0 Å². The maximum absolute atomic E-state index is 5.48. The van der Waals surface area contributed by atoms with Crippen molar-refractivity contribution in [3.8, 4) is 0 Å². The Bertz CT molecular complexity index is 663. The summed E-state index contributed by atoms with van der Waals surface area (Å²) in [5.41, 5.74) is 4.12. The molecule has 1 unspecified atom stereocenters. The van der Waals surface area contributed by atoms with Gasteiger partial charge in [0.25, 0.3) is 0 Å². The lowest BCUT2D eigenvalue weighted by molar-refractivity contribution is 0.0356. The van der Waals surface area contributed by atoms with Gasteiger partial charge in [0.1, 0.15) is 0 Å². The lowest BCUT2D eigenvalue weighted by atomic mass is 10.0. The number of hydrogen-bond donors (Lipinski definition) is 0. The molecule has 3 heterocycles. The molecule has 1 aromatic carbocycles. The summed E-state index contributed by atoms with van der Waals surface area (Å²) in [6.07, 6.45) is 3.85. The second-order valence-corrected chi connectivity index (χ2v) is 6.55. The van der Waals surface area contributed by atoms with Crippen molar-refractivity contribution in [2.24, 2.45) is 7.05 Å². The Morgan fingerprint density at radius 1 is 1.22 bits per heavy atom. The molecule has 0 amide bonds. The van der Waals surface area contributed by atoms with Gasteiger partial charge in [-0.25, -0.2) is 4.98 Å². The molecule has 2 aromatic rings. The number of aryl methyl sites for hydroxylation is 1. The number of fused-ring (bicyclic) bond motifs is 1.